The van der Waals surface area contributed by atoms with Crippen molar-refractivity contribution in [3.63, 3.8) is 0 Å². The maximum absolute atomic E-state index is 14.0. The van der Waals surface area contributed by atoms with Gasteiger partial charge in [0.25, 0.3) is 5.56 Å². The van der Waals surface area contributed by atoms with Crippen molar-refractivity contribution >= 4 is 57.6 Å². The first kappa shape index (κ1) is 27.6. The van der Waals surface area contributed by atoms with Crippen LogP contribution in [0.4, 0.5) is 0 Å². The van der Waals surface area contributed by atoms with Gasteiger partial charge in [0, 0.05) is 25.7 Å². The zero-order valence-corrected chi connectivity index (χ0v) is 25.9. The van der Waals surface area contributed by atoms with Crippen LogP contribution in [-0.2, 0) is 9.53 Å². The summed E-state index contributed by atoms with van der Waals surface area (Å²) in [7, 11) is 0. The molecule has 0 bridgehead atoms. The third kappa shape index (κ3) is 4.94. The summed E-state index contributed by atoms with van der Waals surface area (Å²) in [5.41, 5.74) is 6.61. The average molecular weight is 672 g/mol. The van der Waals surface area contributed by atoms with Crippen LogP contribution in [0.15, 0.2) is 69.6 Å². The summed E-state index contributed by atoms with van der Waals surface area (Å²) in [6.45, 7) is 9.94. The molecule has 0 unspecified atom stereocenters. The summed E-state index contributed by atoms with van der Waals surface area (Å²) in [6, 6.07) is 15.0. The Bertz CT molecular complexity index is 1850. The standard InChI is InChI=1S/C30H27ClIN3O3S/c1-6-38-29(37)26-18(4)33-30-35(27(26)22-9-7-8-10-23(22)31)28(36)25(39-30)14-20-13-17(3)34(19(20)5)21-12-11-16(2)24(32)15-21/h7-15,27H,6H2,1-5H3/b25-14-/t27-/m0/s1. The van der Waals surface area contributed by atoms with Gasteiger partial charge in [0.1, 0.15) is 6.04 Å². The van der Waals surface area contributed by atoms with Crippen molar-refractivity contribution in [2.45, 2.75) is 40.7 Å². The minimum absolute atomic E-state index is 0.213. The van der Waals surface area contributed by atoms with Gasteiger partial charge in [0.15, 0.2) is 4.80 Å². The molecule has 1 aliphatic rings. The summed E-state index contributed by atoms with van der Waals surface area (Å²) < 4.78 is 10.9. The second-order valence-electron chi connectivity index (χ2n) is 9.42. The van der Waals surface area contributed by atoms with Crippen LogP contribution in [0.1, 0.15) is 48.0 Å². The lowest BCUT2D eigenvalue weighted by atomic mass is 9.96. The first-order chi connectivity index (χ1) is 18.6. The number of nitrogens with zero attached hydrogens (tertiary/aromatic N) is 3. The normalized spacial score (nSPS) is 15.4. The molecule has 0 radical (unpaired) electrons. The highest BCUT2D eigenvalue weighted by atomic mass is 127. The molecule has 9 heteroatoms. The van der Waals surface area contributed by atoms with Crippen LogP contribution in [0.2, 0.25) is 5.02 Å². The molecule has 0 fully saturated rings. The van der Waals surface area contributed by atoms with Gasteiger partial charge < -0.3 is 9.30 Å². The van der Waals surface area contributed by atoms with Crippen LogP contribution in [0.3, 0.4) is 0 Å². The van der Waals surface area contributed by atoms with Crippen molar-refractivity contribution in [3.8, 4) is 5.69 Å². The van der Waals surface area contributed by atoms with E-state index in [1.165, 1.54) is 20.5 Å². The van der Waals surface area contributed by atoms with Crippen molar-refractivity contribution < 1.29 is 9.53 Å². The number of esters is 1. The van der Waals surface area contributed by atoms with Gasteiger partial charge >= 0.3 is 5.97 Å². The molecule has 1 aliphatic heterocycles. The van der Waals surface area contributed by atoms with Crippen LogP contribution in [0, 0.1) is 24.3 Å². The molecule has 5 rings (SSSR count). The Morgan fingerprint density at radius 3 is 2.59 bits per heavy atom. The Kier molecular flexibility index (Phi) is 7.72. The lowest BCUT2D eigenvalue weighted by molar-refractivity contribution is -0.139. The molecule has 1 atom stereocenters. The minimum atomic E-state index is -0.738. The summed E-state index contributed by atoms with van der Waals surface area (Å²) in [4.78, 5) is 32.2. The van der Waals surface area contributed by atoms with Crippen molar-refractivity contribution in [1.82, 2.24) is 9.13 Å². The molecule has 39 heavy (non-hydrogen) atoms. The van der Waals surface area contributed by atoms with E-state index in [9.17, 15) is 9.59 Å². The highest BCUT2D eigenvalue weighted by Crippen LogP contribution is 2.34. The van der Waals surface area contributed by atoms with Crippen LogP contribution in [-0.4, -0.2) is 21.7 Å². The van der Waals surface area contributed by atoms with Crippen molar-refractivity contribution in [2.75, 3.05) is 6.61 Å². The van der Waals surface area contributed by atoms with E-state index in [-0.39, 0.29) is 12.2 Å². The van der Waals surface area contributed by atoms with E-state index in [0.717, 1.165) is 22.6 Å². The number of carbonyl (C=O) groups is 1. The molecule has 0 saturated carbocycles. The maximum Gasteiger partial charge on any atom is 0.338 e. The van der Waals surface area contributed by atoms with Gasteiger partial charge in [-0.15, -0.1) is 0 Å². The van der Waals surface area contributed by atoms with Crippen molar-refractivity contribution in [3.05, 3.63) is 116 Å². The van der Waals surface area contributed by atoms with Gasteiger partial charge in [-0.3, -0.25) is 9.36 Å². The number of ether oxygens (including phenoxy) is 1. The number of aryl methyl sites for hydroxylation is 2. The third-order valence-corrected chi connectivity index (χ3v) is 9.38. The fourth-order valence-electron chi connectivity index (χ4n) is 4.98. The van der Waals surface area contributed by atoms with Gasteiger partial charge in [-0.05, 0) is 104 Å². The first-order valence-electron chi connectivity index (χ1n) is 12.5. The molecular formula is C30H27ClIN3O3S. The van der Waals surface area contributed by atoms with E-state index in [0.29, 0.717) is 31.2 Å². The molecule has 4 aromatic rings. The van der Waals surface area contributed by atoms with E-state index in [1.54, 1.807) is 24.5 Å². The summed E-state index contributed by atoms with van der Waals surface area (Å²) >= 11 is 10.3. The molecule has 6 nitrogen and oxygen atoms in total. The van der Waals surface area contributed by atoms with Gasteiger partial charge in [-0.1, -0.05) is 47.2 Å². The molecule has 0 saturated heterocycles. The number of hydrogen-bond acceptors (Lipinski definition) is 5. The second-order valence-corrected chi connectivity index (χ2v) is 12.0. The van der Waals surface area contributed by atoms with E-state index in [4.69, 9.17) is 16.3 Å². The fraction of sp³-hybridized carbons (Fsp3) is 0.233. The summed E-state index contributed by atoms with van der Waals surface area (Å²) in [5.74, 6) is -0.505. The third-order valence-electron chi connectivity index (χ3n) is 6.89. The average Bonchev–Trinajstić information content (AvgIpc) is 3.34. The maximum atomic E-state index is 14.0. The molecule has 3 heterocycles. The topological polar surface area (TPSA) is 65.6 Å². The zero-order valence-electron chi connectivity index (χ0n) is 22.2. The number of allylic oxidation sites excluding steroid dienone is 1. The summed E-state index contributed by atoms with van der Waals surface area (Å²) in [5, 5.41) is 0.463. The van der Waals surface area contributed by atoms with Crippen LogP contribution < -0.4 is 14.9 Å². The smallest absolute Gasteiger partial charge is 0.338 e. The molecule has 2 aromatic heterocycles. The van der Waals surface area contributed by atoms with E-state index >= 15 is 0 Å². The van der Waals surface area contributed by atoms with E-state index in [2.05, 4.69) is 77.2 Å². The highest BCUT2D eigenvalue weighted by Gasteiger charge is 2.34. The predicted molar refractivity (Wildman–Crippen MR) is 165 cm³/mol. The van der Waals surface area contributed by atoms with Crippen LogP contribution >= 0.6 is 45.5 Å². The van der Waals surface area contributed by atoms with Gasteiger partial charge in [-0.2, -0.15) is 0 Å². The number of aromatic nitrogens is 2. The number of hydrogen-bond donors (Lipinski definition) is 0. The number of benzene rings is 2. The lowest BCUT2D eigenvalue weighted by Crippen LogP contribution is -2.40. The fourth-order valence-corrected chi connectivity index (χ4v) is 6.75. The molecule has 0 N–H and O–H groups in total. The van der Waals surface area contributed by atoms with E-state index < -0.39 is 12.0 Å². The lowest BCUT2D eigenvalue weighted by Gasteiger charge is -2.25. The Hall–Kier alpha value is -2.95. The molecule has 0 amide bonds. The monoisotopic (exact) mass is 671 g/mol. The van der Waals surface area contributed by atoms with Crippen LogP contribution in [0.5, 0.6) is 0 Å². The Morgan fingerprint density at radius 1 is 1.15 bits per heavy atom. The quantitative estimate of drug-likeness (QED) is 0.200. The van der Waals surface area contributed by atoms with Crippen LogP contribution in [0.25, 0.3) is 11.8 Å². The van der Waals surface area contributed by atoms with Gasteiger partial charge in [0.05, 0.1) is 22.4 Å². The molecule has 0 spiro atoms. The molecule has 0 aliphatic carbocycles. The predicted octanol–water partition coefficient (Wildman–Crippen LogP) is 5.77. The van der Waals surface area contributed by atoms with Crippen molar-refractivity contribution in [2.24, 2.45) is 4.99 Å². The summed E-state index contributed by atoms with van der Waals surface area (Å²) in [6.07, 6.45) is 1.91. The number of fused-ring (bicyclic) bond motifs is 1. The number of carbonyl (C=O) groups excluding carboxylic acids is 1. The molecule has 2 aromatic carbocycles. The van der Waals surface area contributed by atoms with Gasteiger partial charge in [0.2, 0.25) is 0 Å². The molecule has 200 valence electrons. The number of rotatable bonds is 5. The second kappa shape index (κ2) is 10.9. The van der Waals surface area contributed by atoms with E-state index in [1.807, 2.05) is 24.3 Å². The largest absolute Gasteiger partial charge is 0.463 e. The highest BCUT2D eigenvalue weighted by molar-refractivity contribution is 14.1. The first-order valence-corrected chi connectivity index (χ1v) is 14.8. The van der Waals surface area contributed by atoms with Gasteiger partial charge in [-0.25, -0.2) is 9.79 Å². The minimum Gasteiger partial charge on any atom is -0.463 e. The Morgan fingerprint density at radius 2 is 1.90 bits per heavy atom. The van der Waals surface area contributed by atoms with Crippen molar-refractivity contribution in [1.29, 1.82) is 0 Å². The molecular weight excluding hydrogens is 645 g/mol. The number of halogens is 2. The number of thiazole rings is 1. The Labute approximate surface area is 249 Å². The SMILES string of the molecule is CCOC(=O)C1=C(C)N=c2s/c(=C\c3cc(C)n(-c4ccc(C)c(I)c4)c3C)c(=O)n2[C@H]1c1ccccc1Cl. The zero-order chi connectivity index (χ0) is 28.0. The Balaban J connectivity index is 1.70.